The highest BCUT2D eigenvalue weighted by Crippen LogP contribution is 2.10. The van der Waals surface area contributed by atoms with Crippen LogP contribution >= 0.6 is 11.6 Å². The van der Waals surface area contributed by atoms with Crippen LogP contribution in [0.2, 0.25) is 5.28 Å². The standard InChI is InChI=1S/C13H23ClN4/c1-9(2)18(10(3)4)7-6-15-12-8-11(5)16-13(14)17-12/h8-10H,6-7H2,1-5H3,(H,15,16,17). The normalized spacial score (nSPS) is 11.6. The predicted molar refractivity (Wildman–Crippen MR) is 77.2 cm³/mol. The fourth-order valence-electron chi connectivity index (χ4n) is 2.05. The Bertz CT molecular complexity index is 351. The minimum absolute atomic E-state index is 0.294. The number of rotatable bonds is 6. The number of aryl methyl sites for hydroxylation is 1. The van der Waals surface area contributed by atoms with Gasteiger partial charge in [0.25, 0.3) is 0 Å². The summed E-state index contributed by atoms with van der Waals surface area (Å²) in [6.45, 7) is 12.6. The number of nitrogens with zero attached hydrogens (tertiary/aromatic N) is 3. The Morgan fingerprint density at radius 2 is 1.83 bits per heavy atom. The van der Waals surface area contributed by atoms with Crippen molar-refractivity contribution < 1.29 is 0 Å². The summed E-state index contributed by atoms with van der Waals surface area (Å²) >= 11 is 5.82. The van der Waals surface area contributed by atoms with Crippen LogP contribution in [0, 0.1) is 6.92 Å². The van der Waals surface area contributed by atoms with E-state index in [-0.39, 0.29) is 0 Å². The summed E-state index contributed by atoms with van der Waals surface area (Å²) < 4.78 is 0. The van der Waals surface area contributed by atoms with Crippen LogP contribution in [0.4, 0.5) is 5.82 Å². The van der Waals surface area contributed by atoms with Crippen molar-refractivity contribution in [3.8, 4) is 0 Å². The highest BCUT2D eigenvalue weighted by atomic mass is 35.5. The molecule has 0 aromatic carbocycles. The van der Waals surface area contributed by atoms with Crippen LogP contribution in [0.25, 0.3) is 0 Å². The second kappa shape index (κ2) is 6.90. The predicted octanol–water partition coefficient (Wildman–Crippen LogP) is 2.97. The van der Waals surface area contributed by atoms with Gasteiger partial charge in [0.1, 0.15) is 5.82 Å². The van der Waals surface area contributed by atoms with E-state index in [1.54, 1.807) is 0 Å². The van der Waals surface area contributed by atoms with Crippen LogP contribution in [-0.4, -0.2) is 40.0 Å². The molecule has 0 saturated carbocycles. The molecule has 1 heterocycles. The second-order valence-electron chi connectivity index (χ2n) is 5.02. The zero-order chi connectivity index (χ0) is 13.7. The highest BCUT2D eigenvalue weighted by molar-refractivity contribution is 6.28. The first-order valence-electron chi connectivity index (χ1n) is 6.41. The summed E-state index contributed by atoms with van der Waals surface area (Å²) in [6, 6.07) is 2.99. The molecule has 0 atom stereocenters. The third-order valence-electron chi connectivity index (χ3n) is 2.83. The van der Waals surface area contributed by atoms with E-state index >= 15 is 0 Å². The zero-order valence-corrected chi connectivity index (χ0v) is 12.6. The van der Waals surface area contributed by atoms with Crippen LogP contribution in [-0.2, 0) is 0 Å². The fourth-order valence-corrected chi connectivity index (χ4v) is 2.27. The molecule has 0 bridgehead atoms. The lowest BCUT2D eigenvalue weighted by Gasteiger charge is -2.30. The Morgan fingerprint density at radius 3 is 2.33 bits per heavy atom. The molecule has 4 nitrogen and oxygen atoms in total. The van der Waals surface area contributed by atoms with Gasteiger partial charge in [-0.1, -0.05) is 0 Å². The Kier molecular flexibility index (Phi) is 5.82. The second-order valence-corrected chi connectivity index (χ2v) is 5.35. The lowest BCUT2D eigenvalue weighted by atomic mass is 10.2. The topological polar surface area (TPSA) is 41.0 Å². The van der Waals surface area contributed by atoms with E-state index in [1.807, 2.05) is 13.0 Å². The number of halogens is 1. The van der Waals surface area contributed by atoms with Gasteiger partial charge in [0.2, 0.25) is 5.28 Å². The molecule has 0 radical (unpaired) electrons. The van der Waals surface area contributed by atoms with Crippen LogP contribution in [0.1, 0.15) is 33.4 Å². The van der Waals surface area contributed by atoms with Crippen LogP contribution in [0.15, 0.2) is 6.07 Å². The Labute approximate surface area is 115 Å². The summed E-state index contributed by atoms with van der Waals surface area (Å²) in [4.78, 5) is 10.6. The molecule has 0 saturated heterocycles. The van der Waals surface area contributed by atoms with Crippen LogP contribution < -0.4 is 5.32 Å². The molecule has 18 heavy (non-hydrogen) atoms. The average molecular weight is 271 g/mol. The highest BCUT2D eigenvalue weighted by Gasteiger charge is 2.12. The SMILES string of the molecule is Cc1cc(NCCN(C(C)C)C(C)C)nc(Cl)n1. The molecule has 1 aromatic rings. The maximum absolute atomic E-state index is 5.82. The maximum Gasteiger partial charge on any atom is 0.224 e. The van der Waals surface area contributed by atoms with Gasteiger partial charge in [-0.15, -0.1) is 0 Å². The summed E-state index contributed by atoms with van der Waals surface area (Å²) in [5.74, 6) is 0.792. The van der Waals surface area contributed by atoms with Gasteiger partial charge < -0.3 is 5.32 Å². The molecule has 1 rings (SSSR count). The average Bonchev–Trinajstić information content (AvgIpc) is 2.21. The van der Waals surface area contributed by atoms with Crippen LogP contribution in [0.3, 0.4) is 0 Å². The first kappa shape index (κ1) is 15.2. The molecule has 0 fully saturated rings. The van der Waals surface area contributed by atoms with Crippen molar-refractivity contribution >= 4 is 17.4 Å². The minimum atomic E-state index is 0.294. The van der Waals surface area contributed by atoms with Gasteiger partial charge in [-0.3, -0.25) is 4.90 Å². The zero-order valence-electron chi connectivity index (χ0n) is 11.9. The number of anilines is 1. The van der Waals surface area contributed by atoms with Crippen molar-refractivity contribution in [2.75, 3.05) is 18.4 Å². The summed E-state index contributed by atoms with van der Waals surface area (Å²) in [6.07, 6.45) is 0. The Morgan fingerprint density at radius 1 is 1.22 bits per heavy atom. The molecule has 1 aromatic heterocycles. The maximum atomic E-state index is 5.82. The lowest BCUT2D eigenvalue weighted by Crippen LogP contribution is -2.40. The molecule has 0 aliphatic carbocycles. The molecule has 5 heteroatoms. The summed E-state index contributed by atoms with van der Waals surface area (Å²) in [5, 5.41) is 3.58. The first-order chi connectivity index (χ1) is 8.40. The molecule has 0 amide bonds. The third kappa shape index (κ3) is 4.78. The van der Waals surface area contributed by atoms with Crippen molar-refractivity contribution in [3.05, 3.63) is 17.0 Å². The van der Waals surface area contributed by atoms with Crippen molar-refractivity contribution in [2.24, 2.45) is 0 Å². The van der Waals surface area contributed by atoms with E-state index < -0.39 is 0 Å². The Balaban J connectivity index is 2.50. The smallest absolute Gasteiger partial charge is 0.224 e. The van der Waals surface area contributed by atoms with E-state index in [0.29, 0.717) is 17.4 Å². The number of hydrogen-bond donors (Lipinski definition) is 1. The van der Waals surface area contributed by atoms with E-state index in [9.17, 15) is 0 Å². The molecule has 1 N–H and O–H groups in total. The molecular formula is C13H23ClN4. The molecule has 0 unspecified atom stereocenters. The monoisotopic (exact) mass is 270 g/mol. The fraction of sp³-hybridized carbons (Fsp3) is 0.692. The summed E-state index contributed by atoms with van der Waals surface area (Å²) in [7, 11) is 0. The van der Waals surface area contributed by atoms with Gasteiger partial charge >= 0.3 is 0 Å². The lowest BCUT2D eigenvalue weighted by molar-refractivity contribution is 0.182. The quantitative estimate of drug-likeness (QED) is 0.807. The van der Waals surface area contributed by atoms with E-state index in [2.05, 4.69) is 47.9 Å². The molecule has 0 aliphatic rings. The van der Waals surface area contributed by atoms with Gasteiger partial charge in [-0.2, -0.15) is 0 Å². The van der Waals surface area contributed by atoms with Gasteiger partial charge in [0.15, 0.2) is 0 Å². The van der Waals surface area contributed by atoms with Gasteiger partial charge in [0, 0.05) is 36.9 Å². The number of hydrogen-bond acceptors (Lipinski definition) is 4. The molecule has 102 valence electrons. The van der Waals surface area contributed by atoms with Gasteiger partial charge in [0.05, 0.1) is 0 Å². The Hall–Kier alpha value is -0.870. The number of aromatic nitrogens is 2. The van der Waals surface area contributed by atoms with Crippen molar-refractivity contribution in [1.82, 2.24) is 14.9 Å². The summed E-state index contributed by atoms with van der Waals surface area (Å²) in [5.41, 5.74) is 0.877. The van der Waals surface area contributed by atoms with Gasteiger partial charge in [-0.05, 0) is 46.2 Å². The first-order valence-corrected chi connectivity index (χ1v) is 6.78. The molecule has 0 spiro atoms. The third-order valence-corrected chi connectivity index (χ3v) is 3.00. The van der Waals surface area contributed by atoms with Crippen molar-refractivity contribution in [2.45, 2.75) is 46.7 Å². The van der Waals surface area contributed by atoms with E-state index in [1.165, 1.54) is 0 Å². The number of nitrogens with one attached hydrogen (secondary N) is 1. The van der Waals surface area contributed by atoms with Crippen LogP contribution in [0.5, 0.6) is 0 Å². The van der Waals surface area contributed by atoms with Crippen molar-refractivity contribution in [3.63, 3.8) is 0 Å². The molecule has 0 aliphatic heterocycles. The van der Waals surface area contributed by atoms with Crippen molar-refractivity contribution in [1.29, 1.82) is 0 Å². The molecular weight excluding hydrogens is 248 g/mol. The van der Waals surface area contributed by atoms with E-state index in [4.69, 9.17) is 11.6 Å². The minimum Gasteiger partial charge on any atom is -0.369 e. The van der Waals surface area contributed by atoms with E-state index in [0.717, 1.165) is 24.6 Å². The van der Waals surface area contributed by atoms with Gasteiger partial charge in [-0.25, -0.2) is 9.97 Å². The largest absolute Gasteiger partial charge is 0.369 e.